The van der Waals surface area contributed by atoms with E-state index in [2.05, 4.69) is 97.9 Å². The molecule has 9 fully saturated rings. The molecule has 368 valence electrons. The number of hydrogen-bond donors (Lipinski definition) is 8. The van der Waals surface area contributed by atoms with Crippen LogP contribution in [0.2, 0.25) is 0 Å². The van der Waals surface area contributed by atoms with Gasteiger partial charge in [0.2, 0.25) is 0 Å². The highest BCUT2D eigenvalue weighted by Crippen LogP contribution is 2.49. The smallest absolute Gasteiger partial charge is 0.0654 e. The summed E-state index contributed by atoms with van der Waals surface area (Å²) in [6.45, 7) is 22.6. The quantitative estimate of drug-likeness (QED) is 0.114. The Morgan fingerprint density at radius 2 is 0.328 bits per heavy atom. The Morgan fingerprint density at radius 3 is 0.422 bits per heavy atom. The molecule has 0 aromatic carbocycles. The molecule has 4 aliphatic carbocycles. The van der Waals surface area contributed by atoms with Gasteiger partial charge in [-0.3, -0.25) is 42.5 Å². The third-order valence-electron chi connectivity index (χ3n) is 17.2. The van der Waals surface area contributed by atoms with Gasteiger partial charge in [-0.1, -0.05) is 0 Å². The monoisotopic (exact) mass is 905 g/mol. The number of rotatable bonds is 16. The molecule has 4 saturated carbocycles. The topological polar surface area (TPSA) is 170 Å². The highest BCUT2D eigenvalue weighted by molar-refractivity contribution is 5.15. The molecule has 16 heteroatoms. The van der Waals surface area contributed by atoms with Gasteiger partial charge >= 0.3 is 0 Å². The molecule has 5 saturated heterocycles. The molecule has 16 atom stereocenters. The van der Waals surface area contributed by atoms with Crippen molar-refractivity contribution in [2.75, 3.05) is 52.9 Å². The van der Waals surface area contributed by atoms with Crippen LogP contribution < -0.4 is 42.5 Å². The van der Waals surface area contributed by atoms with Crippen molar-refractivity contribution >= 4 is 0 Å². The second-order valence-corrected chi connectivity index (χ2v) is 20.0. The molecule has 9 aliphatic rings. The van der Waals surface area contributed by atoms with Gasteiger partial charge in [0.1, 0.15) is 0 Å². The van der Waals surface area contributed by atoms with Crippen molar-refractivity contribution in [3.05, 3.63) is 0 Å². The van der Waals surface area contributed by atoms with Gasteiger partial charge in [-0.25, -0.2) is 0 Å². The zero-order valence-electron chi connectivity index (χ0n) is 40.4. The molecule has 0 aromatic rings. The van der Waals surface area contributed by atoms with Gasteiger partial charge in [0, 0.05) is 100 Å². The van der Waals surface area contributed by atoms with E-state index in [9.17, 15) is 0 Å². The summed E-state index contributed by atoms with van der Waals surface area (Å²) in [7, 11) is 0. The summed E-state index contributed by atoms with van der Waals surface area (Å²) in [6, 6.07) is 0. The van der Waals surface area contributed by atoms with Crippen LogP contribution in [0.1, 0.15) is 107 Å². The maximum Gasteiger partial charge on any atom is 0.0654 e. The van der Waals surface area contributed by atoms with Crippen molar-refractivity contribution in [3.8, 4) is 0 Å². The van der Waals surface area contributed by atoms with Gasteiger partial charge in [0.15, 0.2) is 0 Å². The Bertz CT molecular complexity index is 1160. The van der Waals surface area contributed by atoms with E-state index in [4.69, 9.17) is 37.9 Å². The highest BCUT2D eigenvalue weighted by Gasteiger charge is 2.62. The molecule has 16 unspecified atom stereocenters. The second-order valence-electron chi connectivity index (χ2n) is 20.0. The summed E-state index contributed by atoms with van der Waals surface area (Å²) >= 11 is 0. The van der Waals surface area contributed by atoms with E-state index < -0.39 is 0 Å². The standard InChI is InChI=1S/C48H88N8O8/c1-9-57-25-17-18-26(58-10-2)34-33(25)41-49-42(34)54-44-37-29(61-13-5)21-22-30(62-14-6)38(37)46(51-44)56-48-40-32(64-16-8)24-23-31(63-15-7)39(40)47(52-48)55-45-36-28(60-12-4)20-19-27(59-11-3)35(36)43(50-45)53-41/h25-56H,9-24H2,1-8H3. The van der Waals surface area contributed by atoms with Crippen LogP contribution in [-0.4, -0.2) is 151 Å². The Labute approximate surface area is 384 Å². The van der Waals surface area contributed by atoms with Crippen molar-refractivity contribution < 1.29 is 37.9 Å². The van der Waals surface area contributed by atoms with E-state index in [1.807, 2.05) is 0 Å². The molecule has 0 aromatic heterocycles. The summed E-state index contributed by atoms with van der Waals surface area (Å²) < 4.78 is 53.9. The Balaban J connectivity index is 1.17. The zero-order valence-corrected chi connectivity index (χ0v) is 40.4. The predicted octanol–water partition coefficient (Wildman–Crippen LogP) is 2.73. The van der Waals surface area contributed by atoms with Gasteiger partial charge in [-0.05, 0) is 107 Å². The van der Waals surface area contributed by atoms with Crippen LogP contribution in [0.4, 0.5) is 0 Å². The maximum atomic E-state index is 6.74. The molecule has 0 radical (unpaired) electrons. The van der Waals surface area contributed by atoms with Crippen LogP contribution in [0.25, 0.3) is 0 Å². The Morgan fingerprint density at radius 1 is 0.219 bits per heavy atom. The Kier molecular flexibility index (Phi) is 16.6. The Hall–Kier alpha value is -0.640. The molecule has 0 spiro atoms. The zero-order chi connectivity index (χ0) is 44.5. The van der Waals surface area contributed by atoms with E-state index in [0.717, 1.165) is 51.4 Å². The highest BCUT2D eigenvalue weighted by atomic mass is 16.5. The fourth-order valence-corrected chi connectivity index (χ4v) is 15.3. The molecule has 9 rings (SSSR count). The molecule has 5 aliphatic heterocycles. The first kappa shape index (κ1) is 48.4. The van der Waals surface area contributed by atoms with Crippen LogP contribution >= 0.6 is 0 Å². The average molecular weight is 905 g/mol. The lowest BCUT2D eigenvalue weighted by Gasteiger charge is -2.45. The van der Waals surface area contributed by atoms with Crippen molar-refractivity contribution in [2.45, 2.75) is 205 Å². The summed E-state index contributed by atoms with van der Waals surface area (Å²) in [5, 5.41) is 34.2. The van der Waals surface area contributed by atoms with E-state index in [0.29, 0.717) is 52.9 Å². The largest absolute Gasteiger partial charge is 0.378 e. The van der Waals surface area contributed by atoms with E-state index in [1.54, 1.807) is 0 Å². The molecular formula is C48H88N8O8. The van der Waals surface area contributed by atoms with E-state index >= 15 is 0 Å². The predicted molar refractivity (Wildman–Crippen MR) is 244 cm³/mol. The number of fused-ring (bicyclic) bond motifs is 20. The lowest BCUT2D eigenvalue weighted by Crippen LogP contribution is -2.62. The first-order valence-electron chi connectivity index (χ1n) is 26.4. The molecule has 8 bridgehead atoms. The first-order chi connectivity index (χ1) is 31.4. The summed E-state index contributed by atoms with van der Waals surface area (Å²) in [5.74, 6) is 1.35. The van der Waals surface area contributed by atoms with Gasteiger partial charge in [-0.15, -0.1) is 0 Å². The van der Waals surface area contributed by atoms with Crippen molar-refractivity contribution in [1.82, 2.24) is 42.5 Å². The number of nitrogens with one attached hydrogen (secondary N) is 8. The lowest BCUT2D eigenvalue weighted by atomic mass is 9.72. The normalized spacial score (nSPS) is 49.9. The second kappa shape index (κ2) is 22.0. The van der Waals surface area contributed by atoms with Gasteiger partial charge in [0.05, 0.1) is 98.2 Å². The third kappa shape index (κ3) is 9.26. The van der Waals surface area contributed by atoms with Gasteiger partial charge in [-0.2, -0.15) is 0 Å². The number of hydrogen-bond acceptors (Lipinski definition) is 16. The minimum absolute atomic E-state index is 0.0517. The van der Waals surface area contributed by atoms with Crippen LogP contribution in [0.15, 0.2) is 0 Å². The van der Waals surface area contributed by atoms with Gasteiger partial charge < -0.3 is 37.9 Å². The fraction of sp³-hybridized carbons (Fsp3) is 1.00. The maximum absolute atomic E-state index is 6.74. The molecule has 0 amide bonds. The van der Waals surface area contributed by atoms with Crippen LogP contribution in [0.5, 0.6) is 0 Å². The molecule has 16 nitrogen and oxygen atoms in total. The first-order valence-corrected chi connectivity index (χ1v) is 26.4. The molecule has 8 N–H and O–H groups in total. The fourth-order valence-electron chi connectivity index (χ4n) is 15.3. The van der Waals surface area contributed by atoms with Gasteiger partial charge in [0.25, 0.3) is 0 Å². The van der Waals surface area contributed by atoms with Crippen LogP contribution in [0, 0.1) is 47.3 Å². The molecule has 5 heterocycles. The molecule has 64 heavy (non-hydrogen) atoms. The summed E-state index contributed by atoms with van der Waals surface area (Å²) in [6.07, 6.45) is 8.05. The average Bonchev–Trinajstić information content (AvgIpc) is 4.04. The van der Waals surface area contributed by atoms with E-state index in [1.165, 1.54) is 0 Å². The summed E-state index contributed by atoms with van der Waals surface area (Å²) in [4.78, 5) is 0. The SMILES string of the molecule is CCOC1CCC(OCC)C2C3NC(NC4NC(NC5NC(NC6NC(N3)C3C(OCC)CCC(OCC)C63)C3C(OCC)CCC(OCC)C53)C3C(OCC)CCC(OCC)C43)C12. The third-order valence-corrected chi connectivity index (χ3v) is 17.2. The van der Waals surface area contributed by atoms with Crippen molar-refractivity contribution in [3.63, 3.8) is 0 Å². The van der Waals surface area contributed by atoms with Crippen LogP contribution in [-0.2, 0) is 37.9 Å². The lowest BCUT2D eigenvalue weighted by molar-refractivity contribution is -0.111. The molecular weight excluding hydrogens is 817 g/mol. The van der Waals surface area contributed by atoms with Crippen molar-refractivity contribution in [2.24, 2.45) is 47.3 Å². The summed E-state index contributed by atoms with van der Waals surface area (Å²) in [5.41, 5.74) is 0. The number of ether oxygens (including phenoxy) is 8. The van der Waals surface area contributed by atoms with Crippen LogP contribution in [0.3, 0.4) is 0 Å². The minimum Gasteiger partial charge on any atom is -0.378 e. The minimum atomic E-state index is -0.0517. The van der Waals surface area contributed by atoms with E-state index in [-0.39, 0.29) is 146 Å². The van der Waals surface area contributed by atoms with Crippen molar-refractivity contribution in [1.29, 1.82) is 0 Å².